The molecule has 0 saturated heterocycles. The molecule has 0 spiro atoms. The van der Waals surface area contributed by atoms with Crippen LogP contribution >= 0.6 is 0 Å². The fraction of sp³-hybridized carbons (Fsp3) is 0.148. The quantitative estimate of drug-likeness (QED) is 0.498. The van der Waals surface area contributed by atoms with Crippen LogP contribution in [-0.4, -0.2) is 39.4 Å². The molecule has 6 nitrogen and oxygen atoms in total. The van der Waals surface area contributed by atoms with E-state index in [2.05, 4.69) is 22.9 Å². The van der Waals surface area contributed by atoms with E-state index >= 15 is 0 Å². The first-order valence-corrected chi connectivity index (χ1v) is 12.4. The van der Waals surface area contributed by atoms with Gasteiger partial charge in [0.25, 0.3) is 10.0 Å². The van der Waals surface area contributed by atoms with E-state index in [0.717, 1.165) is 12.0 Å². The van der Waals surface area contributed by atoms with Crippen molar-refractivity contribution in [2.45, 2.75) is 11.3 Å². The monoisotopic (exact) mass is 474 g/mol. The molecule has 0 aromatic heterocycles. The number of hydrogen-bond acceptors (Lipinski definition) is 4. The Bertz CT molecular complexity index is 1310. The summed E-state index contributed by atoms with van der Waals surface area (Å²) in [5.41, 5.74) is 3.56. The first-order chi connectivity index (χ1) is 16.5. The second kappa shape index (κ2) is 10.4. The zero-order valence-electron chi connectivity index (χ0n) is 18.8. The van der Waals surface area contributed by atoms with E-state index in [-0.39, 0.29) is 10.8 Å². The van der Waals surface area contributed by atoms with Crippen molar-refractivity contribution in [3.8, 4) is 5.75 Å². The third-order valence-electron chi connectivity index (χ3n) is 5.63. The van der Waals surface area contributed by atoms with Gasteiger partial charge in [-0.2, -0.15) is 0 Å². The summed E-state index contributed by atoms with van der Waals surface area (Å²) >= 11 is 0. The number of hydrogen-bond donors (Lipinski definition) is 1. The smallest absolute Gasteiger partial charge is 0.262 e. The van der Waals surface area contributed by atoms with Crippen LogP contribution < -0.4 is 9.46 Å². The van der Waals surface area contributed by atoms with E-state index in [1.54, 1.807) is 47.4 Å². The van der Waals surface area contributed by atoms with Gasteiger partial charge in [-0.3, -0.25) is 9.52 Å². The summed E-state index contributed by atoms with van der Waals surface area (Å²) in [4.78, 5) is 14.5. The highest BCUT2D eigenvalue weighted by atomic mass is 32.2. The first kappa shape index (κ1) is 23.3. The molecule has 0 atom stereocenters. The molecule has 174 valence electrons. The second-order valence-electron chi connectivity index (χ2n) is 7.84. The zero-order valence-corrected chi connectivity index (χ0v) is 19.7. The summed E-state index contributed by atoms with van der Waals surface area (Å²) in [6.45, 7) is 1.23. The predicted octanol–water partition coefficient (Wildman–Crippen LogP) is 4.83. The van der Waals surface area contributed by atoms with Gasteiger partial charge in [-0.1, -0.05) is 60.7 Å². The van der Waals surface area contributed by atoms with Gasteiger partial charge in [0.2, 0.25) is 5.91 Å². The van der Waals surface area contributed by atoms with Crippen LogP contribution in [0.1, 0.15) is 17.5 Å². The van der Waals surface area contributed by atoms with Crippen LogP contribution in [0.4, 0.5) is 5.69 Å². The van der Waals surface area contributed by atoms with Crippen molar-refractivity contribution in [2.75, 3.05) is 24.9 Å². The van der Waals surface area contributed by atoms with E-state index < -0.39 is 10.0 Å². The number of sulfonamides is 1. The number of carbonyl (C=O) groups excluding carboxylic acids is 1. The summed E-state index contributed by atoms with van der Waals surface area (Å²) in [5, 5.41) is 0. The number of methoxy groups -OCH3 is 1. The van der Waals surface area contributed by atoms with Crippen LogP contribution in [0.3, 0.4) is 0 Å². The molecule has 0 bridgehead atoms. The number of rotatable bonds is 7. The second-order valence-corrected chi connectivity index (χ2v) is 9.52. The molecular weight excluding hydrogens is 448 g/mol. The van der Waals surface area contributed by atoms with Crippen LogP contribution in [0.5, 0.6) is 5.75 Å². The van der Waals surface area contributed by atoms with E-state index in [1.165, 1.54) is 36.5 Å². The molecule has 0 fully saturated rings. The minimum atomic E-state index is -3.77. The number of benzene rings is 3. The summed E-state index contributed by atoms with van der Waals surface area (Å²) in [6, 6.07) is 23.4. The highest BCUT2D eigenvalue weighted by Crippen LogP contribution is 2.26. The standard InChI is InChI=1S/C27H26N2O4S/c1-33-26-10-6-5-9-25(26)28-34(31,32)24-14-11-21(12-15-24)13-16-27(30)29-19-17-23(18-20-29)22-7-3-2-4-8-22/h2-17,28H,18-20H2,1H3/b16-13+. The van der Waals surface area contributed by atoms with Crippen LogP contribution in [0.25, 0.3) is 11.6 Å². The largest absolute Gasteiger partial charge is 0.495 e. The maximum absolute atomic E-state index is 12.7. The molecule has 1 aliphatic heterocycles. The molecule has 1 N–H and O–H groups in total. The molecule has 3 aromatic rings. The van der Waals surface area contributed by atoms with Crippen molar-refractivity contribution in [2.24, 2.45) is 0 Å². The molecule has 1 aliphatic rings. The fourth-order valence-electron chi connectivity index (χ4n) is 3.75. The normalized spacial score (nSPS) is 14.0. The predicted molar refractivity (Wildman–Crippen MR) is 135 cm³/mol. The number of ether oxygens (including phenoxy) is 1. The number of nitrogens with one attached hydrogen (secondary N) is 1. The number of anilines is 1. The van der Waals surface area contributed by atoms with Crippen molar-refractivity contribution in [3.63, 3.8) is 0 Å². The zero-order chi connectivity index (χ0) is 24.0. The minimum absolute atomic E-state index is 0.0714. The van der Waals surface area contributed by atoms with Crippen LogP contribution in [-0.2, 0) is 14.8 Å². The molecule has 0 aliphatic carbocycles. The maximum atomic E-state index is 12.7. The lowest BCUT2D eigenvalue weighted by Gasteiger charge is -2.25. The van der Waals surface area contributed by atoms with Gasteiger partial charge < -0.3 is 9.64 Å². The van der Waals surface area contributed by atoms with Gasteiger partial charge in [-0.05, 0) is 53.5 Å². The SMILES string of the molecule is COc1ccccc1NS(=O)(=O)c1ccc(/C=C/C(=O)N2CC=C(c3ccccc3)CC2)cc1. The number of para-hydroxylation sites is 2. The van der Waals surface area contributed by atoms with Crippen LogP contribution in [0, 0.1) is 0 Å². The van der Waals surface area contributed by atoms with Gasteiger partial charge in [0.15, 0.2) is 0 Å². The molecule has 34 heavy (non-hydrogen) atoms. The Hall–Kier alpha value is -3.84. The molecule has 0 radical (unpaired) electrons. The first-order valence-electron chi connectivity index (χ1n) is 10.9. The Morgan fingerprint density at radius 1 is 0.971 bits per heavy atom. The van der Waals surface area contributed by atoms with Gasteiger partial charge in [-0.25, -0.2) is 8.42 Å². The molecule has 0 unspecified atom stereocenters. The fourth-order valence-corrected chi connectivity index (χ4v) is 4.82. The van der Waals surface area contributed by atoms with Crippen LogP contribution in [0.2, 0.25) is 0 Å². The lowest BCUT2D eigenvalue weighted by molar-refractivity contribution is -0.125. The summed E-state index contributed by atoms with van der Waals surface area (Å²) < 4.78 is 33.2. The van der Waals surface area contributed by atoms with E-state index in [0.29, 0.717) is 24.5 Å². The van der Waals surface area contributed by atoms with Gasteiger partial charge in [0.05, 0.1) is 17.7 Å². The molecule has 1 heterocycles. The van der Waals surface area contributed by atoms with Crippen LogP contribution in [0.15, 0.2) is 95.9 Å². The molecule has 7 heteroatoms. The van der Waals surface area contributed by atoms with Gasteiger partial charge in [0, 0.05) is 19.2 Å². The van der Waals surface area contributed by atoms with Crippen molar-refractivity contribution in [1.82, 2.24) is 4.90 Å². The highest BCUT2D eigenvalue weighted by Gasteiger charge is 2.17. The molecule has 3 aromatic carbocycles. The Morgan fingerprint density at radius 2 is 1.68 bits per heavy atom. The molecule has 1 amide bonds. The van der Waals surface area contributed by atoms with E-state index in [9.17, 15) is 13.2 Å². The highest BCUT2D eigenvalue weighted by molar-refractivity contribution is 7.92. The van der Waals surface area contributed by atoms with Crippen molar-refractivity contribution >= 4 is 33.3 Å². The maximum Gasteiger partial charge on any atom is 0.262 e. The topological polar surface area (TPSA) is 75.7 Å². The average Bonchev–Trinajstić information content (AvgIpc) is 2.88. The van der Waals surface area contributed by atoms with Crippen molar-refractivity contribution in [3.05, 3.63) is 102 Å². The summed E-state index contributed by atoms with van der Waals surface area (Å²) in [5.74, 6) is 0.366. The number of amides is 1. The average molecular weight is 475 g/mol. The Kier molecular flexibility index (Phi) is 7.13. The Balaban J connectivity index is 1.38. The van der Waals surface area contributed by atoms with Gasteiger partial charge in [0.1, 0.15) is 5.75 Å². The number of nitrogens with zero attached hydrogens (tertiary/aromatic N) is 1. The van der Waals surface area contributed by atoms with E-state index in [1.807, 2.05) is 18.2 Å². The lowest BCUT2D eigenvalue weighted by Crippen LogP contribution is -2.33. The molecule has 0 saturated carbocycles. The molecular formula is C27H26N2O4S. The van der Waals surface area contributed by atoms with Crippen molar-refractivity contribution in [1.29, 1.82) is 0 Å². The minimum Gasteiger partial charge on any atom is -0.495 e. The van der Waals surface area contributed by atoms with E-state index in [4.69, 9.17) is 4.74 Å². The third-order valence-corrected chi connectivity index (χ3v) is 7.01. The Morgan fingerprint density at radius 3 is 2.35 bits per heavy atom. The summed E-state index contributed by atoms with van der Waals surface area (Å²) in [7, 11) is -2.29. The van der Waals surface area contributed by atoms with Gasteiger partial charge in [-0.15, -0.1) is 0 Å². The summed E-state index contributed by atoms with van der Waals surface area (Å²) in [6.07, 6.45) is 6.13. The Labute approximate surface area is 200 Å². The van der Waals surface area contributed by atoms with Gasteiger partial charge >= 0.3 is 0 Å². The number of carbonyl (C=O) groups is 1. The third kappa shape index (κ3) is 5.55. The molecule has 4 rings (SSSR count). The lowest BCUT2D eigenvalue weighted by atomic mass is 9.99. The van der Waals surface area contributed by atoms with Crippen molar-refractivity contribution < 1.29 is 17.9 Å².